The molecule has 2 N–H and O–H groups in total. The molecule has 0 bridgehead atoms. The van der Waals surface area contributed by atoms with E-state index in [-0.39, 0.29) is 49.5 Å². The van der Waals surface area contributed by atoms with Crippen molar-refractivity contribution in [2.45, 2.75) is 52.0 Å². The lowest BCUT2D eigenvalue weighted by Crippen LogP contribution is -2.42. The number of carbonyl (C=O) groups is 2. The van der Waals surface area contributed by atoms with E-state index in [1.54, 1.807) is 86.0 Å². The molecule has 0 saturated carbocycles. The number of hydrogen-bond donors (Lipinski definition) is 2. The molecule has 0 spiro atoms. The first-order valence-corrected chi connectivity index (χ1v) is 20.5. The number of para-hydroxylation sites is 2. The molecule has 0 aliphatic heterocycles. The highest BCUT2D eigenvalue weighted by atomic mass is 16.6. The average molecular weight is 847 g/mol. The van der Waals surface area contributed by atoms with Gasteiger partial charge in [0.05, 0.1) is 36.4 Å². The van der Waals surface area contributed by atoms with Gasteiger partial charge < -0.3 is 48.2 Å². The molecule has 62 heavy (non-hydrogen) atoms. The van der Waals surface area contributed by atoms with Gasteiger partial charge in [0.1, 0.15) is 48.4 Å². The molecule has 0 amide bonds. The van der Waals surface area contributed by atoms with Gasteiger partial charge in [-0.15, -0.1) is 0 Å². The lowest BCUT2D eigenvalue weighted by Gasteiger charge is -2.23. The normalized spacial score (nSPS) is 12.4. The Hall–Kier alpha value is -6.64. The van der Waals surface area contributed by atoms with Crippen LogP contribution in [0.5, 0.6) is 23.0 Å². The summed E-state index contributed by atoms with van der Waals surface area (Å²) < 4.78 is 37.8. The summed E-state index contributed by atoms with van der Waals surface area (Å²) in [4.78, 5) is 53.8. The summed E-state index contributed by atoms with van der Waals surface area (Å²) >= 11 is 0. The van der Waals surface area contributed by atoms with Gasteiger partial charge in [0.15, 0.2) is 0 Å². The minimum Gasteiger partial charge on any atom is -0.497 e. The first-order valence-electron chi connectivity index (χ1n) is 20.5. The fraction of sp³-hybridized carbons (Fsp3) is 0.333. The van der Waals surface area contributed by atoms with Crippen molar-refractivity contribution >= 4 is 33.5 Å². The Kier molecular flexibility index (Phi) is 14.7. The van der Waals surface area contributed by atoms with Gasteiger partial charge in [0.2, 0.25) is 0 Å². The number of esters is 2. The van der Waals surface area contributed by atoms with Crippen LogP contribution in [-0.2, 0) is 33.2 Å². The van der Waals surface area contributed by atoms with Crippen LogP contribution < -0.4 is 40.7 Å². The van der Waals surface area contributed by atoms with Crippen LogP contribution in [0.25, 0.3) is 44.1 Å². The number of ether oxygens (including phenoxy) is 6. The quantitative estimate of drug-likeness (QED) is 0.0768. The zero-order valence-electron chi connectivity index (χ0n) is 36.4. The van der Waals surface area contributed by atoms with Crippen LogP contribution in [0.3, 0.4) is 0 Å². The van der Waals surface area contributed by atoms with E-state index in [0.717, 1.165) is 10.8 Å². The number of aromatic nitrogens is 2. The summed E-state index contributed by atoms with van der Waals surface area (Å²) in [5.41, 5.74) is 2.14. The minimum absolute atomic E-state index is 0.0354. The maximum atomic E-state index is 13.4. The van der Waals surface area contributed by atoms with E-state index in [1.165, 1.54) is 0 Å². The van der Waals surface area contributed by atoms with E-state index >= 15 is 0 Å². The van der Waals surface area contributed by atoms with Crippen molar-refractivity contribution in [3.8, 4) is 45.5 Å². The molecule has 4 aromatic carbocycles. The molecule has 2 aromatic heterocycles. The zero-order valence-corrected chi connectivity index (χ0v) is 36.4. The van der Waals surface area contributed by atoms with E-state index < -0.39 is 24.1 Å². The van der Waals surface area contributed by atoms with Gasteiger partial charge in [-0.2, -0.15) is 0 Å². The van der Waals surface area contributed by atoms with Gasteiger partial charge in [-0.05, 0) is 71.4 Å². The highest BCUT2D eigenvalue weighted by Gasteiger charge is 2.28. The Morgan fingerprint density at radius 1 is 0.565 bits per heavy atom. The lowest BCUT2D eigenvalue weighted by atomic mass is 10.1. The second kappa shape index (κ2) is 20.3. The molecular formula is C48H54N4O10. The Bertz CT molecular complexity index is 2490. The monoisotopic (exact) mass is 846 g/mol. The van der Waals surface area contributed by atoms with Crippen LogP contribution in [0.2, 0.25) is 0 Å². The van der Waals surface area contributed by atoms with E-state index in [1.807, 2.05) is 76.2 Å². The maximum absolute atomic E-state index is 13.4. The van der Waals surface area contributed by atoms with Crippen LogP contribution in [0, 0.1) is 0 Å². The maximum Gasteiger partial charge on any atom is 0.417 e. The largest absolute Gasteiger partial charge is 0.497 e. The Balaban J connectivity index is 1.17. The number of methoxy groups -OCH3 is 2. The van der Waals surface area contributed by atoms with Gasteiger partial charge in [0, 0.05) is 50.4 Å². The van der Waals surface area contributed by atoms with Crippen LogP contribution in [0.4, 0.5) is 0 Å². The van der Waals surface area contributed by atoms with Crippen LogP contribution in [-0.4, -0.2) is 85.9 Å². The van der Waals surface area contributed by atoms with Gasteiger partial charge in [-0.25, -0.2) is 9.59 Å². The third-order valence-electron chi connectivity index (χ3n) is 10.3. The molecule has 0 saturated heterocycles. The second-order valence-electron chi connectivity index (χ2n) is 15.5. The smallest absolute Gasteiger partial charge is 0.417 e. The number of nitrogens with one attached hydrogen (secondary N) is 2. The predicted octanol–water partition coefficient (Wildman–Crippen LogP) is 6.02. The highest BCUT2D eigenvalue weighted by Crippen LogP contribution is 2.33. The molecule has 0 radical (unpaired) electrons. The van der Waals surface area contributed by atoms with Gasteiger partial charge in [-0.3, -0.25) is 9.59 Å². The van der Waals surface area contributed by atoms with Crippen LogP contribution >= 0.6 is 0 Å². The lowest BCUT2D eigenvalue weighted by molar-refractivity contribution is -0.175. The SMILES string of the molecule is COc1ccc2cc(-c3ccccc3OCC(CNC(C)C)OC(=O)C(=O)OC(CNC(C)C)COc3ccccc3-c3cc4ccc(OC)cc4c(=O)n3C)n(C)c(=O)c2c1. The van der Waals surface area contributed by atoms with Crippen LogP contribution in [0.1, 0.15) is 27.7 Å². The molecule has 14 nitrogen and oxygen atoms in total. The molecule has 6 rings (SSSR count). The summed E-state index contributed by atoms with van der Waals surface area (Å²) in [6.07, 6.45) is -1.80. The van der Waals surface area contributed by atoms with Gasteiger partial charge in [0.25, 0.3) is 11.1 Å². The molecule has 2 heterocycles. The van der Waals surface area contributed by atoms with Crippen molar-refractivity contribution in [1.82, 2.24) is 19.8 Å². The molecular weight excluding hydrogens is 793 g/mol. The fourth-order valence-electron chi connectivity index (χ4n) is 6.91. The summed E-state index contributed by atoms with van der Waals surface area (Å²) in [7, 11) is 6.48. The van der Waals surface area contributed by atoms with Crippen molar-refractivity contribution in [3.63, 3.8) is 0 Å². The first-order chi connectivity index (χ1) is 29.8. The van der Waals surface area contributed by atoms with Crippen molar-refractivity contribution < 1.29 is 38.0 Å². The molecule has 6 aromatic rings. The van der Waals surface area contributed by atoms with Gasteiger partial charge >= 0.3 is 11.9 Å². The predicted molar refractivity (Wildman–Crippen MR) is 239 cm³/mol. The second-order valence-corrected chi connectivity index (χ2v) is 15.5. The molecule has 0 fully saturated rings. The van der Waals surface area contributed by atoms with E-state index in [2.05, 4.69) is 10.6 Å². The van der Waals surface area contributed by atoms with E-state index in [9.17, 15) is 19.2 Å². The Morgan fingerprint density at radius 3 is 1.32 bits per heavy atom. The summed E-state index contributed by atoms with van der Waals surface area (Å²) in [5, 5.41) is 9.00. The summed E-state index contributed by atoms with van der Waals surface area (Å²) in [6, 6.07) is 29.1. The first kappa shape index (κ1) is 44.9. The fourth-order valence-corrected chi connectivity index (χ4v) is 6.91. The molecule has 0 aliphatic carbocycles. The van der Waals surface area contributed by atoms with Crippen molar-refractivity contribution in [1.29, 1.82) is 0 Å². The molecule has 2 unspecified atom stereocenters. The number of nitrogens with zero attached hydrogens (tertiary/aromatic N) is 2. The molecule has 14 heteroatoms. The number of pyridine rings is 2. The minimum atomic E-state index is -1.19. The zero-order chi connectivity index (χ0) is 44.5. The van der Waals surface area contributed by atoms with Crippen molar-refractivity contribution in [2.24, 2.45) is 14.1 Å². The van der Waals surface area contributed by atoms with Crippen molar-refractivity contribution in [3.05, 3.63) is 118 Å². The standard InChI is InChI=1S/C48H54N4O10/c1-29(2)49-25-35(27-59-43-15-11-9-13-37(43)41-21-31-17-19-33(57-7)23-39(31)45(53)51(41)5)61-47(55)48(56)62-36(26-50-30(3)4)28-60-44-16-12-10-14-38(44)42-22-32-18-20-34(58-8)24-40(32)46(54)52(42)6/h9-24,29-30,35-36,49-50H,25-28H2,1-8H3. The number of hydrogen-bond acceptors (Lipinski definition) is 12. The Morgan fingerprint density at radius 2 is 0.952 bits per heavy atom. The highest BCUT2D eigenvalue weighted by molar-refractivity contribution is 6.29. The summed E-state index contributed by atoms with van der Waals surface area (Å²) in [6.45, 7) is 7.91. The van der Waals surface area contributed by atoms with E-state index in [0.29, 0.717) is 56.3 Å². The van der Waals surface area contributed by atoms with Gasteiger partial charge in [-0.1, -0.05) is 64.1 Å². The number of benzene rings is 4. The number of carbonyl (C=O) groups excluding carboxylic acids is 2. The number of fused-ring (bicyclic) bond motifs is 2. The Labute approximate surface area is 360 Å². The molecule has 326 valence electrons. The van der Waals surface area contributed by atoms with Crippen LogP contribution in [0.15, 0.2) is 107 Å². The summed E-state index contributed by atoms with van der Waals surface area (Å²) in [5.74, 6) is -0.324. The van der Waals surface area contributed by atoms with E-state index in [4.69, 9.17) is 28.4 Å². The third-order valence-corrected chi connectivity index (χ3v) is 10.3. The number of rotatable bonds is 18. The molecule has 2 atom stereocenters. The average Bonchev–Trinajstić information content (AvgIpc) is 3.27. The molecule has 0 aliphatic rings. The third kappa shape index (κ3) is 10.6. The van der Waals surface area contributed by atoms with Crippen molar-refractivity contribution in [2.75, 3.05) is 40.5 Å². The topological polar surface area (TPSA) is 158 Å².